The van der Waals surface area contributed by atoms with Crippen molar-refractivity contribution in [2.75, 3.05) is 5.32 Å². The summed E-state index contributed by atoms with van der Waals surface area (Å²) in [4.78, 5) is 20.5. The summed E-state index contributed by atoms with van der Waals surface area (Å²) in [6.45, 7) is 3.68. The van der Waals surface area contributed by atoms with Crippen LogP contribution >= 0.6 is 0 Å². The lowest BCUT2D eigenvalue weighted by atomic mass is 10.2. The number of ether oxygens (including phenoxy) is 1. The fourth-order valence-corrected chi connectivity index (χ4v) is 2.29. The molecule has 0 bridgehead atoms. The highest BCUT2D eigenvalue weighted by molar-refractivity contribution is 6.05. The van der Waals surface area contributed by atoms with Gasteiger partial charge in [0.1, 0.15) is 22.9 Å². The number of amides is 1. The van der Waals surface area contributed by atoms with Gasteiger partial charge in [-0.25, -0.2) is 18.7 Å². The molecule has 3 aromatic heterocycles. The summed E-state index contributed by atoms with van der Waals surface area (Å²) in [7, 11) is 0. The number of nitrogens with zero attached hydrogens (tertiary/aromatic N) is 3. The quantitative estimate of drug-likeness (QED) is 0.765. The van der Waals surface area contributed by atoms with Gasteiger partial charge in [0.05, 0.1) is 11.7 Å². The smallest absolute Gasteiger partial charge is 0.280 e. The van der Waals surface area contributed by atoms with Crippen LogP contribution in [0, 0.1) is 0 Å². The molecule has 130 valence electrons. The van der Waals surface area contributed by atoms with Crippen LogP contribution in [0.4, 0.5) is 14.6 Å². The molecule has 0 saturated carbocycles. The fraction of sp³-hybridized carbons (Fsp3) is 0.235. The van der Waals surface area contributed by atoms with E-state index in [4.69, 9.17) is 4.74 Å². The molecule has 25 heavy (non-hydrogen) atoms. The summed E-state index contributed by atoms with van der Waals surface area (Å²) < 4.78 is 32.9. The molecule has 3 rings (SSSR count). The Bertz CT molecular complexity index is 909. The average Bonchev–Trinajstić information content (AvgIpc) is 3.01. The number of carbonyl (C=O) groups is 1. The van der Waals surface area contributed by atoms with Gasteiger partial charge in [-0.2, -0.15) is 0 Å². The summed E-state index contributed by atoms with van der Waals surface area (Å²) in [6.07, 6.45) is 2.01. The summed E-state index contributed by atoms with van der Waals surface area (Å²) >= 11 is 0. The molecule has 0 saturated heterocycles. The number of nitrogens with one attached hydrogen (secondary N) is 1. The number of hydrogen-bond donors (Lipinski definition) is 1. The molecular weight excluding hydrogens is 330 g/mol. The number of hydrogen-bond acceptors (Lipinski definition) is 4. The molecule has 0 aliphatic heterocycles. The Hall–Kier alpha value is -3.03. The van der Waals surface area contributed by atoms with Gasteiger partial charge in [0, 0.05) is 24.7 Å². The first-order chi connectivity index (χ1) is 11.9. The number of rotatable bonds is 5. The van der Waals surface area contributed by atoms with Crippen LogP contribution in [0.1, 0.15) is 36.3 Å². The standard InChI is InChI=1S/C17H16F2N4O2/c1-10(2)25-13-8-15-20-6-7-23(15)9-11(13)17(24)22-14-5-3-4-12(21-14)16(18)19/h3-10,16H,1-2H3,(H,21,22,24). The average molecular weight is 346 g/mol. The van der Waals surface area contributed by atoms with E-state index in [9.17, 15) is 13.6 Å². The molecule has 0 aliphatic rings. The van der Waals surface area contributed by atoms with E-state index in [0.29, 0.717) is 11.4 Å². The number of halogens is 2. The highest BCUT2D eigenvalue weighted by Crippen LogP contribution is 2.24. The van der Waals surface area contributed by atoms with Crippen molar-refractivity contribution in [1.82, 2.24) is 14.4 Å². The van der Waals surface area contributed by atoms with Gasteiger partial charge in [0.25, 0.3) is 12.3 Å². The van der Waals surface area contributed by atoms with E-state index in [2.05, 4.69) is 15.3 Å². The van der Waals surface area contributed by atoms with Crippen molar-refractivity contribution in [3.63, 3.8) is 0 Å². The number of aromatic nitrogens is 3. The Kier molecular flexibility index (Phi) is 4.60. The third kappa shape index (κ3) is 3.73. The second-order valence-electron chi connectivity index (χ2n) is 5.61. The Morgan fingerprint density at radius 3 is 2.84 bits per heavy atom. The SMILES string of the molecule is CC(C)Oc1cc2nccn2cc1C(=O)Nc1cccc(C(F)F)n1. The van der Waals surface area contributed by atoms with Crippen LogP contribution in [-0.4, -0.2) is 26.4 Å². The minimum absolute atomic E-state index is 0.0454. The zero-order valence-electron chi connectivity index (χ0n) is 13.6. The van der Waals surface area contributed by atoms with Crippen LogP contribution in [0.15, 0.2) is 42.9 Å². The molecule has 3 aromatic rings. The van der Waals surface area contributed by atoms with Gasteiger partial charge < -0.3 is 14.5 Å². The van der Waals surface area contributed by atoms with E-state index in [-0.39, 0.29) is 17.5 Å². The second-order valence-corrected chi connectivity index (χ2v) is 5.61. The van der Waals surface area contributed by atoms with E-state index in [0.717, 1.165) is 0 Å². The van der Waals surface area contributed by atoms with Crippen LogP contribution in [0.3, 0.4) is 0 Å². The first-order valence-corrected chi connectivity index (χ1v) is 7.64. The van der Waals surface area contributed by atoms with Crippen molar-refractivity contribution in [3.8, 4) is 5.75 Å². The molecule has 0 spiro atoms. The normalized spacial score (nSPS) is 11.3. The topological polar surface area (TPSA) is 68.5 Å². The number of anilines is 1. The summed E-state index contributed by atoms with van der Waals surface area (Å²) in [5.41, 5.74) is 0.481. The van der Waals surface area contributed by atoms with Crippen molar-refractivity contribution in [1.29, 1.82) is 0 Å². The van der Waals surface area contributed by atoms with Gasteiger partial charge in [0.2, 0.25) is 0 Å². The minimum Gasteiger partial charge on any atom is -0.490 e. The number of imidazole rings is 1. The molecule has 3 heterocycles. The lowest BCUT2D eigenvalue weighted by Crippen LogP contribution is -2.17. The number of fused-ring (bicyclic) bond motifs is 1. The molecule has 0 radical (unpaired) electrons. The molecule has 6 nitrogen and oxygen atoms in total. The van der Waals surface area contributed by atoms with Gasteiger partial charge in [0.15, 0.2) is 0 Å². The van der Waals surface area contributed by atoms with Crippen molar-refractivity contribution in [2.24, 2.45) is 0 Å². The molecule has 8 heteroatoms. The Morgan fingerprint density at radius 1 is 1.32 bits per heavy atom. The number of carbonyl (C=O) groups excluding carboxylic acids is 1. The summed E-state index contributed by atoms with van der Waals surface area (Å²) in [5, 5.41) is 2.53. The van der Waals surface area contributed by atoms with Crippen LogP contribution in [0.2, 0.25) is 0 Å². The van der Waals surface area contributed by atoms with Crippen LogP contribution in [0.25, 0.3) is 5.65 Å². The van der Waals surface area contributed by atoms with E-state index >= 15 is 0 Å². The van der Waals surface area contributed by atoms with E-state index in [1.54, 1.807) is 29.1 Å². The Morgan fingerprint density at radius 2 is 2.12 bits per heavy atom. The molecule has 0 atom stereocenters. The lowest BCUT2D eigenvalue weighted by Gasteiger charge is -2.14. The molecule has 1 N–H and O–H groups in total. The summed E-state index contributed by atoms with van der Waals surface area (Å²) in [5.74, 6) is -0.106. The fourth-order valence-electron chi connectivity index (χ4n) is 2.29. The third-order valence-electron chi connectivity index (χ3n) is 3.34. The third-order valence-corrected chi connectivity index (χ3v) is 3.34. The molecule has 0 aromatic carbocycles. The van der Waals surface area contributed by atoms with Crippen molar-refractivity contribution in [2.45, 2.75) is 26.4 Å². The maximum absolute atomic E-state index is 12.7. The molecule has 0 aliphatic carbocycles. The number of alkyl halides is 2. The maximum atomic E-state index is 12.7. The predicted octanol–water partition coefficient (Wildman–Crippen LogP) is 3.71. The first-order valence-electron chi connectivity index (χ1n) is 7.64. The van der Waals surface area contributed by atoms with Crippen molar-refractivity contribution >= 4 is 17.4 Å². The van der Waals surface area contributed by atoms with E-state index in [1.165, 1.54) is 18.2 Å². The highest BCUT2D eigenvalue weighted by atomic mass is 19.3. The Balaban J connectivity index is 1.94. The van der Waals surface area contributed by atoms with Gasteiger partial charge in [-0.05, 0) is 26.0 Å². The van der Waals surface area contributed by atoms with Gasteiger partial charge in [-0.3, -0.25) is 4.79 Å². The zero-order valence-corrected chi connectivity index (χ0v) is 13.6. The monoisotopic (exact) mass is 346 g/mol. The van der Waals surface area contributed by atoms with Gasteiger partial charge in [-0.1, -0.05) is 6.07 Å². The molecule has 1 amide bonds. The first kappa shape index (κ1) is 16.8. The van der Waals surface area contributed by atoms with Crippen LogP contribution in [-0.2, 0) is 0 Å². The Labute approximate surface area is 142 Å². The van der Waals surface area contributed by atoms with Crippen LogP contribution in [0.5, 0.6) is 5.75 Å². The van der Waals surface area contributed by atoms with E-state index in [1.807, 2.05) is 13.8 Å². The number of pyridine rings is 2. The minimum atomic E-state index is -2.71. The lowest BCUT2D eigenvalue weighted by molar-refractivity contribution is 0.101. The van der Waals surface area contributed by atoms with Crippen LogP contribution < -0.4 is 10.1 Å². The van der Waals surface area contributed by atoms with Crippen molar-refractivity contribution in [3.05, 3.63) is 54.1 Å². The zero-order chi connectivity index (χ0) is 18.0. The molecular formula is C17H16F2N4O2. The van der Waals surface area contributed by atoms with Gasteiger partial charge >= 0.3 is 0 Å². The maximum Gasteiger partial charge on any atom is 0.280 e. The second kappa shape index (κ2) is 6.84. The molecule has 0 fully saturated rings. The van der Waals surface area contributed by atoms with E-state index < -0.39 is 18.0 Å². The summed E-state index contributed by atoms with van der Waals surface area (Å²) in [6, 6.07) is 5.71. The molecule has 0 unspecified atom stereocenters. The van der Waals surface area contributed by atoms with Crippen molar-refractivity contribution < 1.29 is 18.3 Å². The van der Waals surface area contributed by atoms with Gasteiger partial charge in [-0.15, -0.1) is 0 Å². The highest BCUT2D eigenvalue weighted by Gasteiger charge is 2.17. The largest absolute Gasteiger partial charge is 0.490 e. The predicted molar refractivity (Wildman–Crippen MR) is 88.1 cm³/mol.